The van der Waals surface area contributed by atoms with E-state index in [0.29, 0.717) is 6.04 Å². The highest BCUT2D eigenvalue weighted by Gasteiger charge is 1.91. The van der Waals surface area contributed by atoms with E-state index >= 15 is 0 Å². The summed E-state index contributed by atoms with van der Waals surface area (Å²) in [7, 11) is 0. The molecule has 50 valence electrons. The minimum atomic E-state index is 0.401. The van der Waals surface area contributed by atoms with Gasteiger partial charge in [-0.3, -0.25) is 0 Å². The predicted octanol–water partition coefficient (Wildman–Crippen LogP) is 1.94. The van der Waals surface area contributed by atoms with Crippen LogP contribution in [0.2, 0.25) is 0 Å². The van der Waals surface area contributed by atoms with E-state index < -0.39 is 0 Å². The van der Waals surface area contributed by atoms with Gasteiger partial charge in [0.25, 0.3) is 0 Å². The molecule has 0 aliphatic rings. The molecular formula is C6H14IN. The molecule has 1 atom stereocenters. The highest BCUT2D eigenvalue weighted by atomic mass is 127. The molecule has 0 aromatic carbocycles. The molecule has 0 aromatic rings. The highest BCUT2D eigenvalue weighted by Crippen LogP contribution is 2.00. The van der Waals surface area contributed by atoms with Gasteiger partial charge in [0.15, 0.2) is 0 Å². The van der Waals surface area contributed by atoms with Crippen molar-refractivity contribution in [2.75, 3.05) is 4.43 Å². The van der Waals surface area contributed by atoms with Gasteiger partial charge < -0.3 is 5.73 Å². The molecule has 0 amide bonds. The van der Waals surface area contributed by atoms with Gasteiger partial charge in [-0.05, 0) is 24.2 Å². The number of rotatable bonds is 4. The molecule has 0 rings (SSSR count). The molecule has 1 unspecified atom stereocenters. The summed E-state index contributed by atoms with van der Waals surface area (Å²) < 4.78 is 1.27. The Kier molecular flexibility index (Phi) is 6.32. The van der Waals surface area contributed by atoms with Crippen molar-refractivity contribution in [2.24, 2.45) is 5.73 Å². The first kappa shape index (κ1) is 8.69. The van der Waals surface area contributed by atoms with Crippen LogP contribution in [0.15, 0.2) is 0 Å². The smallest absolute Gasteiger partial charge is 0.00104 e. The molecule has 0 fully saturated rings. The van der Waals surface area contributed by atoms with Crippen LogP contribution in [0.1, 0.15) is 26.2 Å². The van der Waals surface area contributed by atoms with E-state index in [2.05, 4.69) is 29.5 Å². The Morgan fingerprint density at radius 1 is 1.50 bits per heavy atom. The maximum atomic E-state index is 5.53. The second kappa shape index (κ2) is 5.82. The molecule has 0 spiro atoms. The summed E-state index contributed by atoms with van der Waals surface area (Å²) >= 11 is 2.39. The van der Waals surface area contributed by atoms with E-state index in [1.165, 1.54) is 23.7 Å². The molecular weight excluding hydrogens is 213 g/mol. The fourth-order valence-electron chi connectivity index (χ4n) is 0.561. The van der Waals surface area contributed by atoms with Gasteiger partial charge in [0, 0.05) is 6.04 Å². The van der Waals surface area contributed by atoms with E-state index in [9.17, 15) is 0 Å². The highest BCUT2D eigenvalue weighted by molar-refractivity contribution is 14.1. The normalized spacial score (nSPS) is 13.9. The molecule has 0 saturated heterocycles. The van der Waals surface area contributed by atoms with Crippen LogP contribution >= 0.6 is 22.6 Å². The van der Waals surface area contributed by atoms with Crippen molar-refractivity contribution in [1.29, 1.82) is 0 Å². The van der Waals surface area contributed by atoms with Crippen LogP contribution < -0.4 is 5.73 Å². The Hall–Kier alpha value is 0.690. The number of alkyl halides is 1. The molecule has 2 heteroatoms. The van der Waals surface area contributed by atoms with Crippen molar-refractivity contribution in [1.82, 2.24) is 0 Å². The Morgan fingerprint density at radius 3 is 2.50 bits per heavy atom. The third-order valence-corrected chi connectivity index (χ3v) is 1.81. The first-order valence-corrected chi connectivity index (χ1v) is 4.61. The lowest BCUT2D eigenvalue weighted by molar-refractivity contribution is 0.620. The van der Waals surface area contributed by atoms with Crippen LogP contribution in [0.4, 0.5) is 0 Å². The molecule has 2 N–H and O–H groups in total. The van der Waals surface area contributed by atoms with Crippen molar-refractivity contribution in [3.63, 3.8) is 0 Å². The van der Waals surface area contributed by atoms with Gasteiger partial charge in [-0.25, -0.2) is 0 Å². The molecule has 0 radical (unpaired) electrons. The predicted molar refractivity (Wildman–Crippen MR) is 46.4 cm³/mol. The van der Waals surface area contributed by atoms with Crippen molar-refractivity contribution >= 4 is 22.6 Å². The third kappa shape index (κ3) is 6.69. The zero-order valence-electron chi connectivity index (χ0n) is 5.36. The number of hydrogen-bond donors (Lipinski definition) is 1. The summed E-state index contributed by atoms with van der Waals surface area (Å²) in [6, 6.07) is 0.401. The molecule has 0 bridgehead atoms. The minimum absolute atomic E-state index is 0.401. The number of nitrogens with two attached hydrogens (primary N) is 1. The standard InChI is InChI=1S/C6H14IN/c1-6(8)4-2-3-5-7/h6H,2-5,8H2,1H3. The fourth-order valence-corrected chi connectivity index (χ4v) is 1.10. The largest absolute Gasteiger partial charge is 0.328 e. The second-order valence-corrected chi connectivity index (χ2v) is 3.24. The fraction of sp³-hybridized carbons (Fsp3) is 1.00. The molecule has 0 heterocycles. The van der Waals surface area contributed by atoms with Gasteiger partial charge >= 0.3 is 0 Å². The van der Waals surface area contributed by atoms with Crippen molar-refractivity contribution in [2.45, 2.75) is 32.2 Å². The lowest BCUT2D eigenvalue weighted by Crippen LogP contribution is -2.13. The van der Waals surface area contributed by atoms with E-state index in [0.717, 1.165) is 0 Å². The Morgan fingerprint density at radius 2 is 2.12 bits per heavy atom. The van der Waals surface area contributed by atoms with Crippen LogP contribution in [0.25, 0.3) is 0 Å². The topological polar surface area (TPSA) is 26.0 Å². The van der Waals surface area contributed by atoms with Crippen LogP contribution in [-0.2, 0) is 0 Å². The van der Waals surface area contributed by atoms with Crippen LogP contribution in [0.3, 0.4) is 0 Å². The first-order chi connectivity index (χ1) is 3.77. The summed E-state index contributed by atoms with van der Waals surface area (Å²) in [6.45, 7) is 2.06. The second-order valence-electron chi connectivity index (χ2n) is 2.16. The Bertz CT molecular complexity index is 45.8. The van der Waals surface area contributed by atoms with Crippen molar-refractivity contribution in [3.05, 3.63) is 0 Å². The van der Waals surface area contributed by atoms with Gasteiger partial charge in [-0.15, -0.1) is 0 Å². The van der Waals surface area contributed by atoms with Gasteiger partial charge in [0.1, 0.15) is 0 Å². The molecule has 8 heavy (non-hydrogen) atoms. The van der Waals surface area contributed by atoms with Crippen LogP contribution in [-0.4, -0.2) is 10.5 Å². The molecule has 1 nitrogen and oxygen atoms in total. The quantitative estimate of drug-likeness (QED) is 0.443. The Labute approximate surface area is 65.2 Å². The maximum Gasteiger partial charge on any atom is 0.00104 e. The van der Waals surface area contributed by atoms with E-state index in [1.54, 1.807) is 0 Å². The first-order valence-electron chi connectivity index (χ1n) is 3.09. The van der Waals surface area contributed by atoms with Crippen molar-refractivity contribution < 1.29 is 0 Å². The molecule has 0 aromatic heterocycles. The van der Waals surface area contributed by atoms with Gasteiger partial charge in [0.2, 0.25) is 0 Å². The summed E-state index contributed by atoms with van der Waals surface area (Å²) in [5, 5.41) is 0. The van der Waals surface area contributed by atoms with E-state index in [1.807, 2.05) is 0 Å². The average Bonchev–Trinajstić information content (AvgIpc) is 1.66. The molecule has 0 aliphatic heterocycles. The van der Waals surface area contributed by atoms with Gasteiger partial charge in [-0.2, -0.15) is 0 Å². The van der Waals surface area contributed by atoms with Gasteiger partial charge in [0.05, 0.1) is 0 Å². The Balaban J connectivity index is 2.72. The minimum Gasteiger partial charge on any atom is -0.328 e. The van der Waals surface area contributed by atoms with E-state index in [4.69, 9.17) is 5.73 Å². The summed E-state index contributed by atoms with van der Waals surface area (Å²) in [4.78, 5) is 0. The third-order valence-electron chi connectivity index (χ3n) is 1.04. The summed E-state index contributed by atoms with van der Waals surface area (Å²) in [5.41, 5.74) is 5.53. The van der Waals surface area contributed by atoms with Crippen LogP contribution in [0, 0.1) is 0 Å². The van der Waals surface area contributed by atoms with Gasteiger partial charge in [-0.1, -0.05) is 29.0 Å². The zero-order valence-corrected chi connectivity index (χ0v) is 7.52. The summed E-state index contributed by atoms with van der Waals surface area (Å²) in [5.74, 6) is 0. The maximum absolute atomic E-state index is 5.53. The lowest BCUT2D eigenvalue weighted by Gasteiger charge is -2.00. The zero-order chi connectivity index (χ0) is 6.41. The van der Waals surface area contributed by atoms with Crippen molar-refractivity contribution in [3.8, 4) is 0 Å². The SMILES string of the molecule is CC(N)CCCCI. The molecule has 0 saturated carbocycles. The summed E-state index contributed by atoms with van der Waals surface area (Å²) in [6.07, 6.45) is 3.80. The monoisotopic (exact) mass is 227 g/mol. The average molecular weight is 227 g/mol. The van der Waals surface area contributed by atoms with Crippen LogP contribution in [0.5, 0.6) is 0 Å². The number of hydrogen-bond acceptors (Lipinski definition) is 1. The molecule has 0 aliphatic carbocycles. The lowest BCUT2D eigenvalue weighted by atomic mass is 10.2. The number of halogens is 1. The van der Waals surface area contributed by atoms with E-state index in [-0.39, 0.29) is 0 Å². The number of unbranched alkanes of at least 4 members (excludes halogenated alkanes) is 1.